The first kappa shape index (κ1) is 15.0. The molecule has 0 aliphatic heterocycles. The number of hydrogen-bond acceptors (Lipinski definition) is 0. The van der Waals surface area contributed by atoms with E-state index in [4.69, 9.17) is 0 Å². The summed E-state index contributed by atoms with van der Waals surface area (Å²) in [6, 6.07) is 8.61. The molecule has 108 valence electrons. The van der Waals surface area contributed by atoms with Crippen LogP contribution in [0, 0.1) is 0 Å². The zero-order valence-corrected chi connectivity index (χ0v) is 12.0. The molecule has 0 aromatic heterocycles. The normalized spacial score (nSPS) is 25.6. The Bertz CT molecular complexity index is 475. The molecule has 1 aromatic carbocycles. The molecule has 2 heteroatoms. The van der Waals surface area contributed by atoms with Gasteiger partial charge in [0.25, 0.3) is 0 Å². The van der Waals surface area contributed by atoms with Gasteiger partial charge in [0, 0.05) is 0 Å². The summed E-state index contributed by atoms with van der Waals surface area (Å²) >= 11 is 0. The summed E-state index contributed by atoms with van der Waals surface area (Å²) in [6.07, 6.45) is 8.10. The molecule has 1 aromatic rings. The molecule has 2 unspecified atom stereocenters. The van der Waals surface area contributed by atoms with E-state index in [1.54, 1.807) is 36.4 Å². The van der Waals surface area contributed by atoms with Crippen molar-refractivity contribution in [1.29, 1.82) is 0 Å². The number of allylic oxidation sites excluding steroid dienone is 4. The fourth-order valence-corrected chi connectivity index (χ4v) is 2.65. The van der Waals surface area contributed by atoms with Crippen LogP contribution in [0.25, 0.3) is 0 Å². The third kappa shape index (κ3) is 3.17. The lowest BCUT2D eigenvalue weighted by atomic mass is 9.82. The third-order valence-electron chi connectivity index (χ3n) is 3.88. The first-order chi connectivity index (χ1) is 9.68. The van der Waals surface area contributed by atoms with E-state index in [1.165, 1.54) is 6.08 Å². The highest BCUT2D eigenvalue weighted by molar-refractivity contribution is 5.39. The maximum atomic E-state index is 15.0. The summed E-state index contributed by atoms with van der Waals surface area (Å²) in [5, 5.41) is 0. The Morgan fingerprint density at radius 1 is 1.10 bits per heavy atom. The van der Waals surface area contributed by atoms with Gasteiger partial charge >= 0.3 is 0 Å². The van der Waals surface area contributed by atoms with Gasteiger partial charge in [-0.05, 0) is 30.1 Å². The quantitative estimate of drug-likeness (QED) is 0.588. The van der Waals surface area contributed by atoms with Crippen LogP contribution in [0.1, 0.15) is 44.6 Å². The minimum absolute atomic E-state index is 0.392. The second kappa shape index (κ2) is 6.83. The Morgan fingerprint density at radius 2 is 1.85 bits per heavy atom. The minimum atomic E-state index is -2.02. The van der Waals surface area contributed by atoms with Crippen LogP contribution in [0.5, 0.6) is 0 Å². The van der Waals surface area contributed by atoms with Gasteiger partial charge in [-0.15, -0.1) is 0 Å². The van der Waals surface area contributed by atoms with Crippen molar-refractivity contribution in [2.45, 2.75) is 50.9 Å². The van der Waals surface area contributed by atoms with Crippen LogP contribution in [-0.2, 0) is 5.67 Å². The maximum absolute atomic E-state index is 15.0. The van der Waals surface area contributed by atoms with E-state index in [0.717, 1.165) is 25.7 Å². The van der Waals surface area contributed by atoms with Crippen LogP contribution in [0.3, 0.4) is 0 Å². The van der Waals surface area contributed by atoms with E-state index in [-0.39, 0.29) is 0 Å². The van der Waals surface area contributed by atoms with Gasteiger partial charge in [-0.2, -0.15) is 0 Å². The van der Waals surface area contributed by atoms with Crippen LogP contribution in [0.2, 0.25) is 0 Å². The minimum Gasteiger partial charge on any atom is -0.238 e. The second-order valence-electron chi connectivity index (χ2n) is 5.41. The van der Waals surface area contributed by atoms with Gasteiger partial charge in [0.15, 0.2) is 11.8 Å². The Balaban J connectivity index is 2.08. The fourth-order valence-electron chi connectivity index (χ4n) is 2.65. The smallest absolute Gasteiger partial charge is 0.189 e. The Kier molecular flexibility index (Phi) is 5.11. The van der Waals surface area contributed by atoms with Crippen molar-refractivity contribution in [3.63, 3.8) is 0 Å². The van der Waals surface area contributed by atoms with Crippen molar-refractivity contribution in [2.75, 3.05) is 0 Å². The van der Waals surface area contributed by atoms with Crippen molar-refractivity contribution in [1.82, 2.24) is 0 Å². The van der Waals surface area contributed by atoms with E-state index in [2.05, 4.69) is 6.92 Å². The van der Waals surface area contributed by atoms with E-state index in [0.29, 0.717) is 17.6 Å². The molecule has 0 bridgehead atoms. The number of alkyl halides is 2. The average molecular weight is 276 g/mol. The molecule has 0 saturated heterocycles. The summed E-state index contributed by atoms with van der Waals surface area (Å²) in [5.41, 5.74) is -1.05. The lowest BCUT2D eigenvalue weighted by Gasteiger charge is -2.30. The van der Waals surface area contributed by atoms with Crippen LogP contribution < -0.4 is 0 Å². The maximum Gasteiger partial charge on any atom is 0.189 e. The molecule has 1 aliphatic rings. The molecule has 20 heavy (non-hydrogen) atoms. The monoisotopic (exact) mass is 276 g/mol. The van der Waals surface area contributed by atoms with Gasteiger partial charge in [-0.25, -0.2) is 8.78 Å². The molecule has 2 atom stereocenters. The van der Waals surface area contributed by atoms with Gasteiger partial charge in [0.05, 0.1) is 0 Å². The summed E-state index contributed by atoms with van der Waals surface area (Å²) < 4.78 is 29.6. The molecule has 0 N–H and O–H groups in total. The van der Waals surface area contributed by atoms with Gasteiger partial charge in [0.2, 0.25) is 0 Å². The summed E-state index contributed by atoms with van der Waals surface area (Å²) in [7, 11) is 0. The van der Waals surface area contributed by atoms with Crippen molar-refractivity contribution in [2.24, 2.45) is 0 Å². The number of hydrogen-bond donors (Lipinski definition) is 0. The molecule has 0 amide bonds. The van der Waals surface area contributed by atoms with Crippen molar-refractivity contribution in [3.05, 3.63) is 59.7 Å². The van der Waals surface area contributed by atoms with Crippen LogP contribution >= 0.6 is 0 Å². The number of unbranched alkanes of at least 4 members (excludes halogenated alkanes) is 3. The average Bonchev–Trinajstić information content (AvgIpc) is 2.49. The molecule has 0 saturated carbocycles. The van der Waals surface area contributed by atoms with Crippen molar-refractivity contribution in [3.8, 4) is 0 Å². The Labute approximate surface area is 120 Å². The van der Waals surface area contributed by atoms with Crippen LogP contribution in [0.4, 0.5) is 8.78 Å². The molecule has 0 heterocycles. The van der Waals surface area contributed by atoms with Gasteiger partial charge < -0.3 is 0 Å². The zero-order chi connectivity index (χ0) is 14.4. The molecular weight excluding hydrogens is 254 g/mol. The van der Waals surface area contributed by atoms with Crippen molar-refractivity contribution < 1.29 is 8.78 Å². The molecule has 0 fully saturated rings. The highest BCUT2D eigenvalue weighted by Gasteiger charge is 2.42. The van der Waals surface area contributed by atoms with E-state index < -0.39 is 11.8 Å². The lowest BCUT2D eigenvalue weighted by molar-refractivity contribution is 0.113. The number of benzene rings is 1. The van der Waals surface area contributed by atoms with Crippen LogP contribution in [0.15, 0.2) is 54.1 Å². The van der Waals surface area contributed by atoms with Crippen LogP contribution in [-0.4, -0.2) is 6.17 Å². The Morgan fingerprint density at radius 3 is 2.55 bits per heavy atom. The zero-order valence-electron chi connectivity index (χ0n) is 12.0. The van der Waals surface area contributed by atoms with Gasteiger partial charge in [0.1, 0.15) is 0 Å². The van der Waals surface area contributed by atoms with E-state index >= 15 is 4.39 Å². The number of rotatable bonds is 6. The first-order valence-electron chi connectivity index (χ1n) is 7.45. The fraction of sp³-hybridized carbons (Fsp3) is 0.444. The van der Waals surface area contributed by atoms with Gasteiger partial charge in [-0.3, -0.25) is 0 Å². The van der Waals surface area contributed by atoms with E-state index in [9.17, 15) is 4.39 Å². The highest BCUT2D eigenvalue weighted by atomic mass is 19.2. The van der Waals surface area contributed by atoms with Gasteiger partial charge in [-0.1, -0.05) is 68.7 Å². The third-order valence-corrected chi connectivity index (χ3v) is 3.88. The molecular formula is C18H22F2. The SMILES string of the molecule is CCCCCCC1=CC=CC(F)(c2ccccc2)C1F. The molecule has 2 rings (SSSR count). The molecule has 0 spiro atoms. The van der Waals surface area contributed by atoms with Crippen molar-refractivity contribution >= 4 is 0 Å². The molecule has 0 radical (unpaired) electrons. The first-order valence-corrected chi connectivity index (χ1v) is 7.45. The molecule has 1 aliphatic carbocycles. The molecule has 0 nitrogen and oxygen atoms in total. The second-order valence-corrected chi connectivity index (χ2v) is 5.41. The predicted molar refractivity (Wildman–Crippen MR) is 80.1 cm³/mol. The highest BCUT2D eigenvalue weighted by Crippen LogP contribution is 2.40. The predicted octanol–water partition coefficient (Wildman–Crippen LogP) is 5.66. The summed E-state index contributed by atoms with van der Waals surface area (Å²) in [6.45, 7) is 2.14. The van der Waals surface area contributed by atoms with E-state index in [1.807, 2.05) is 6.07 Å². The Hall–Kier alpha value is -1.44. The summed E-state index contributed by atoms with van der Waals surface area (Å²) in [5.74, 6) is 0. The largest absolute Gasteiger partial charge is 0.238 e. The lowest BCUT2D eigenvalue weighted by Crippen LogP contribution is -2.33. The topological polar surface area (TPSA) is 0 Å². The number of halogens is 2. The summed E-state index contributed by atoms with van der Waals surface area (Å²) in [4.78, 5) is 0. The standard InChI is InChI=1S/C18H22F2/c1-2-3-4-6-10-15-11-9-14-18(20,17(15)19)16-12-7-5-8-13-16/h5,7-9,11-14,17H,2-4,6,10H2,1H3.